The number of allylic oxidation sites excluding steroid dienone is 2. The van der Waals surface area contributed by atoms with E-state index in [0.29, 0.717) is 24.0 Å². The maximum absolute atomic E-state index is 14.1. The minimum atomic E-state index is -0.799. The third-order valence-corrected chi connectivity index (χ3v) is 12.2. The molecule has 0 aromatic carbocycles. The lowest BCUT2D eigenvalue weighted by atomic mass is 9.35. The van der Waals surface area contributed by atoms with Crippen LogP contribution < -0.4 is 0 Å². The first kappa shape index (κ1) is 26.9. The van der Waals surface area contributed by atoms with E-state index in [4.69, 9.17) is 4.84 Å². The average Bonchev–Trinajstić information content (AvgIpc) is 3.12. The summed E-state index contributed by atoms with van der Waals surface area (Å²) < 4.78 is 0. The molecule has 4 nitrogen and oxygen atoms in total. The molecule has 0 amide bonds. The van der Waals surface area contributed by atoms with E-state index in [9.17, 15) is 9.90 Å². The van der Waals surface area contributed by atoms with Gasteiger partial charge in [0, 0.05) is 17.8 Å². The summed E-state index contributed by atoms with van der Waals surface area (Å²) in [7, 11) is 1.65. The normalized spacial score (nSPS) is 45.2. The van der Waals surface area contributed by atoms with Crippen LogP contribution in [0.1, 0.15) is 113 Å². The highest BCUT2D eigenvalue weighted by molar-refractivity contribution is 5.91. The molecule has 35 heavy (non-hydrogen) atoms. The molecule has 4 aliphatic rings. The quantitative estimate of drug-likeness (QED) is 0.327. The average molecular weight is 486 g/mol. The first-order valence-electron chi connectivity index (χ1n) is 14.1. The van der Waals surface area contributed by atoms with Crippen molar-refractivity contribution in [3.63, 3.8) is 0 Å². The van der Waals surface area contributed by atoms with E-state index in [1.807, 2.05) is 6.92 Å². The molecular formula is C31H51NO3. The Labute approximate surface area is 214 Å². The van der Waals surface area contributed by atoms with Gasteiger partial charge < -0.3 is 9.94 Å². The number of carbonyl (C=O) groups excluding carboxylic acids is 1. The third kappa shape index (κ3) is 3.87. The fourth-order valence-corrected chi connectivity index (χ4v) is 10.1. The van der Waals surface area contributed by atoms with E-state index in [1.165, 1.54) is 17.7 Å². The molecule has 0 spiro atoms. The smallest absolute Gasteiger partial charge is 0.137 e. The molecular weight excluding hydrogens is 434 g/mol. The number of fused-ring (bicyclic) bond motifs is 5. The molecule has 4 fully saturated rings. The maximum atomic E-state index is 14.1. The Morgan fingerprint density at radius 3 is 2.37 bits per heavy atom. The predicted molar refractivity (Wildman–Crippen MR) is 143 cm³/mol. The second-order valence-electron chi connectivity index (χ2n) is 14.4. The van der Waals surface area contributed by atoms with Gasteiger partial charge in [0.05, 0.1) is 11.3 Å². The summed E-state index contributed by atoms with van der Waals surface area (Å²) in [5.41, 5.74) is 1.86. The summed E-state index contributed by atoms with van der Waals surface area (Å²) in [6.07, 6.45) is 10.9. The van der Waals surface area contributed by atoms with Gasteiger partial charge in [0.25, 0.3) is 0 Å². The first-order chi connectivity index (χ1) is 16.1. The van der Waals surface area contributed by atoms with Crippen molar-refractivity contribution >= 4 is 11.5 Å². The molecule has 0 aromatic heterocycles. The fraction of sp³-hybridized carbons (Fsp3) is 0.871. The van der Waals surface area contributed by atoms with Crippen LogP contribution in [0.2, 0.25) is 0 Å². The van der Waals surface area contributed by atoms with Gasteiger partial charge in [-0.1, -0.05) is 51.4 Å². The molecule has 198 valence electrons. The molecule has 0 saturated heterocycles. The number of carbonyl (C=O) groups is 1. The molecule has 4 rings (SSSR count). The zero-order valence-electron chi connectivity index (χ0n) is 24.0. The van der Waals surface area contributed by atoms with Crippen LogP contribution in [0, 0.1) is 45.3 Å². The minimum Gasteiger partial charge on any atom is -0.399 e. The van der Waals surface area contributed by atoms with Crippen molar-refractivity contribution in [1.82, 2.24) is 0 Å². The van der Waals surface area contributed by atoms with Crippen LogP contribution in [0.25, 0.3) is 0 Å². The maximum Gasteiger partial charge on any atom is 0.137 e. The zero-order chi connectivity index (χ0) is 26.0. The highest BCUT2D eigenvalue weighted by Crippen LogP contribution is 2.74. The summed E-state index contributed by atoms with van der Waals surface area (Å²) >= 11 is 0. The topological polar surface area (TPSA) is 58.9 Å². The van der Waals surface area contributed by atoms with Crippen LogP contribution in [0.5, 0.6) is 0 Å². The molecule has 4 heteroatoms. The Kier molecular flexibility index (Phi) is 6.69. The summed E-state index contributed by atoms with van der Waals surface area (Å²) in [5, 5.41) is 16.1. The third-order valence-electron chi connectivity index (χ3n) is 12.2. The molecule has 8 atom stereocenters. The van der Waals surface area contributed by atoms with Crippen molar-refractivity contribution in [3.05, 3.63) is 11.6 Å². The lowest BCUT2D eigenvalue weighted by Gasteiger charge is -2.68. The van der Waals surface area contributed by atoms with Crippen LogP contribution in [0.3, 0.4) is 0 Å². The summed E-state index contributed by atoms with van der Waals surface area (Å²) in [5.74, 6) is 1.37. The van der Waals surface area contributed by atoms with Crippen molar-refractivity contribution < 1.29 is 14.7 Å². The van der Waals surface area contributed by atoms with Gasteiger partial charge in [-0.2, -0.15) is 0 Å². The first-order valence-corrected chi connectivity index (χ1v) is 14.1. The molecule has 0 aromatic rings. The van der Waals surface area contributed by atoms with Gasteiger partial charge in [-0.05, 0) is 106 Å². The van der Waals surface area contributed by atoms with Crippen LogP contribution in [0.4, 0.5) is 0 Å². The zero-order valence-corrected chi connectivity index (χ0v) is 24.0. The van der Waals surface area contributed by atoms with Crippen molar-refractivity contribution in [2.75, 3.05) is 7.11 Å². The Morgan fingerprint density at radius 1 is 1.09 bits per heavy atom. The van der Waals surface area contributed by atoms with E-state index in [1.54, 1.807) is 7.11 Å². The number of aliphatic hydroxyl groups is 1. The monoisotopic (exact) mass is 485 g/mol. The fourth-order valence-electron chi connectivity index (χ4n) is 10.1. The number of Topliss-reactive ketones (excluding diaryl/α,β-unsaturated/α-hetero) is 1. The summed E-state index contributed by atoms with van der Waals surface area (Å²) in [6, 6.07) is 0. The largest absolute Gasteiger partial charge is 0.399 e. The Hall–Kier alpha value is -1.16. The van der Waals surface area contributed by atoms with E-state index < -0.39 is 5.60 Å². The second-order valence-corrected chi connectivity index (χ2v) is 14.4. The molecule has 0 bridgehead atoms. The molecule has 0 radical (unpaired) electrons. The molecule has 0 aliphatic heterocycles. The molecule has 1 N–H and O–H groups in total. The van der Waals surface area contributed by atoms with Crippen molar-refractivity contribution in [2.45, 2.75) is 119 Å². The van der Waals surface area contributed by atoms with Gasteiger partial charge in [-0.3, -0.25) is 4.79 Å². The van der Waals surface area contributed by atoms with Gasteiger partial charge in [-0.15, -0.1) is 0 Å². The van der Waals surface area contributed by atoms with E-state index >= 15 is 0 Å². The highest BCUT2D eigenvalue weighted by atomic mass is 16.6. The number of rotatable bonds is 5. The summed E-state index contributed by atoms with van der Waals surface area (Å²) in [4.78, 5) is 19.3. The van der Waals surface area contributed by atoms with E-state index in [0.717, 1.165) is 44.9 Å². The highest BCUT2D eigenvalue weighted by Gasteiger charge is 2.71. The van der Waals surface area contributed by atoms with Gasteiger partial charge in [0.15, 0.2) is 0 Å². The van der Waals surface area contributed by atoms with E-state index in [-0.39, 0.29) is 33.5 Å². The van der Waals surface area contributed by atoms with Crippen molar-refractivity contribution in [1.29, 1.82) is 0 Å². The van der Waals surface area contributed by atoms with Crippen molar-refractivity contribution in [2.24, 2.45) is 50.5 Å². The standard InChI is InChI=1S/C31H51NO3/c1-20(2)11-10-15-31(8,34)21-12-17-30(7)26(21)22(33)19-24-28(5)16-14-25(32-35-9)27(3,4)23(28)13-18-29(24,30)6/h11,21,23-24,26,34H,10,12-19H2,1-9H3/b32-25+/t21?,23?,24?,26?,28-,29+,30+,31?/m0/s1. The lowest BCUT2D eigenvalue weighted by molar-refractivity contribution is -0.197. The Morgan fingerprint density at radius 2 is 1.74 bits per heavy atom. The number of hydrogen-bond acceptors (Lipinski definition) is 4. The molecule has 0 heterocycles. The number of hydrogen-bond donors (Lipinski definition) is 1. The van der Waals surface area contributed by atoms with Gasteiger partial charge in [0.1, 0.15) is 12.9 Å². The molecule has 5 unspecified atom stereocenters. The Bertz CT molecular complexity index is 912. The SMILES string of the molecule is CO/N=C1\CC[C@@]2(C)C(CC[C@]3(C)C2CC(=O)C2C(C(C)(O)CCC=C(C)C)CC[C@]23C)C1(C)C. The minimum absolute atomic E-state index is 0.0159. The van der Waals surface area contributed by atoms with Crippen LogP contribution in [-0.4, -0.2) is 29.3 Å². The van der Waals surface area contributed by atoms with Gasteiger partial charge >= 0.3 is 0 Å². The van der Waals surface area contributed by atoms with Crippen LogP contribution in [0.15, 0.2) is 16.8 Å². The molecule has 4 aliphatic carbocycles. The van der Waals surface area contributed by atoms with Crippen LogP contribution >= 0.6 is 0 Å². The number of ketones is 1. The Balaban J connectivity index is 1.67. The second kappa shape index (κ2) is 8.71. The number of oxime groups is 1. The number of nitrogens with zero attached hydrogens (tertiary/aromatic N) is 1. The van der Waals surface area contributed by atoms with Crippen molar-refractivity contribution in [3.8, 4) is 0 Å². The van der Waals surface area contributed by atoms with E-state index in [2.05, 4.69) is 59.7 Å². The van der Waals surface area contributed by atoms with Crippen LogP contribution in [-0.2, 0) is 9.63 Å². The lowest BCUT2D eigenvalue weighted by Crippen LogP contribution is -2.65. The molecule has 4 saturated carbocycles. The predicted octanol–water partition coefficient (Wildman–Crippen LogP) is 7.35. The van der Waals surface area contributed by atoms with Gasteiger partial charge in [0.2, 0.25) is 0 Å². The summed E-state index contributed by atoms with van der Waals surface area (Å²) in [6.45, 7) is 18.3. The van der Waals surface area contributed by atoms with Gasteiger partial charge in [-0.25, -0.2) is 0 Å².